The van der Waals surface area contributed by atoms with Crippen LogP contribution in [0.15, 0.2) is 18.2 Å². The van der Waals surface area contributed by atoms with Crippen LogP contribution in [0.3, 0.4) is 0 Å². The van der Waals surface area contributed by atoms with Crippen LogP contribution in [0.4, 0.5) is 0 Å². The molecule has 1 rings (SSSR count). The smallest absolute Gasteiger partial charge is 0.376 e. The SMILES string of the molecule is [C-]1=CC=CC1.[CH2-]CCCCCOC(C)(C)C.[Zr+2]. The number of ether oxygens (including phenoxy) is 1. The Morgan fingerprint density at radius 2 is 1.94 bits per heavy atom. The molecular weight excluding hydrogens is 287 g/mol. The minimum absolute atomic E-state index is 0. The second-order valence-electron chi connectivity index (χ2n) is 4.88. The third kappa shape index (κ3) is 18.9. The van der Waals surface area contributed by atoms with Crippen molar-refractivity contribution < 1.29 is 30.9 Å². The van der Waals surface area contributed by atoms with Crippen LogP contribution < -0.4 is 0 Å². The van der Waals surface area contributed by atoms with Gasteiger partial charge in [-0.3, -0.25) is 6.08 Å². The van der Waals surface area contributed by atoms with Crippen LogP contribution in [0.2, 0.25) is 0 Å². The summed E-state index contributed by atoms with van der Waals surface area (Å²) in [7, 11) is 0. The van der Waals surface area contributed by atoms with Gasteiger partial charge >= 0.3 is 26.2 Å². The first-order chi connectivity index (χ1) is 7.56. The van der Waals surface area contributed by atoms with E-state index in [1.165, 1.54) is 19.3 Å². The van der Waals surface area contributed by atoms with Crippen LogP contribution in [0, 0.1) is 13.0 Å². The Labute approximate surface area is 127 Å². The van der Waals surface area contributed by atoms with Gasteiger partial charge in [-0.15, -0.1) is 6.42 Å². The number of unbranched alkanes of at least 4 members (excludes halogenated alkanes) is 3. The molecule has 0 unspecified atom stereocenters. The molecule has 0 heterocycles. The topological polar surface area (TPSA) is 9.23 Å². The average molecular weight is 314 g/mol. The van der Waals surface area contributed by atoms with Crippen LogP contribution >= 0.6 is 0 Å². The van der Waals surface area contributed by atoms with Gasteiger partial charge in [0.15, 0.2) is 0 Å². The maximum atomic E-state index is 5.56. The third-order valence-electron chi connectivity index (χ3n) is 2.02. The largest absolute Gasteiger partial charge is 2.00 e. The van der Waals surface area contributed by atoms with Crippen molar-refractivity contribution in [3.8, 4) is 0 Å². The molecule has 0 aromatic carbocycles. The molecule has 1 aliphatic carbocycles. The van der Waals surface area contributed by atoms with Crippen LogP contribution in [0.25, 0.3) is 0 Å². The predicted molar refractivity (Wildman–Crippen MR) is 71.1 cm³/mol. The Hall–Kier alpha value is 0.323. The molecule has 0 atom stereocenters. The molecule has 0 aliphatic heterocycles. The summed E-state index contributed by atoms with van der Waals surface area (Å²) >= 11 is 0. The van der Waals surface area contributed by atoms with Gasteiger partial charge in [0.1, 0.15) is 0 Å². The first-order valence-corrected chi connectivity index (χ1v) is 6.21. The van der Waals surface area contributed by atoms with Crippen molar-refractivity contribution in [2.75, 3.05) is 6.61 Å². The Bertz CT molecular complexity index is 191. The third-order valence-corrected chi connectivity index (χ3v) is 2.02. The molecule has 17 heavy (non-hydrogen) atoms. The van der Waals surface area contributed by atoms with E-state index in [0.29, 0.717) is 0 Å². The summed E-state index contributed by atoms with van der Waals surface area (Å²) in [6, 6.07) is 0. The van der Waals surface area contributed by atoms with E-state index in [1.54, 1.807) is 0 Å². The molecule has 0 aromatic heterocycles. The molecule has 0 N–H and O–H groups in total. The minimum Gasteiger partial charge on any atom is -0.376 e. The minimum atomic E-state index is 0. The van der Waals surface area contributed by atoms with Crippen molar-refractivity contribution in [1.29, 1.82) is 0 Å². The molecule has 1 aliphatic rings. The predicted octanol–water partition coefficient (Wildman–Crippen LogP) is 4.50. The zero-order valence-corrected chi connectivity index (χ0v) is 14.0. The van der Waals surface area contributed by atoms with E-state index in [4.69, 9.17) is 4.74 Å². The van der Waals surface area contributed by atoms with Crippen LogP contribution in [-0.2, 0) is 30.9 Å². The second kappa shape index (κ2) is 12.8. The van der Waals surface area contributed by atoms with Crippen LogP contribution in [0.1, 0.15) is 52.9 Å². The van der Waals surface area contributed by atoms with Crippen LogP contribution in [0.5, 0.6) is 0 Å². The molecule has 0 saturated carbocycles. The standard InChI is InChI=1S/C10H21O.C5H5.Zr/c1-5-6-7-8-9-11-10(2,3)4;1-2-4-5-3-1;/h1,5-9H2,2-4H3;1-3H,4H2;/q2*-1;+2. The first kappa shape index (κ1) is 19.7. The number of allylic oxidation sites excluding steroid dienone is 4. The molecule has 0 fully saturated rings. The van der Waals surface area contributed by atoms with Crippen molar-refractivity contribution >= 4 is 0 Å². The molecule has 0 radical (unpaired) electrons. The Morgan fingerprint density at radius 1 is 1.24 bits per heavy atom. The molecule has 0 saturated heterocycles. The summed E-state index contributed by atoms with van der Waals surface area (Å²) < 4.78 is 5.56. The summed E-state index contributed by atoms with van der Waals surface area (Å²) in [5.41, 5.74) is 0.0322. The van der Waals surface area contributed by atoms with Gasteiger partial charge in [0.2, 0.25) is 0 Å². The molecular formula is C15H26OZr. The van der Waals surface area contributed by atoms with Gasteiger partial charge in [0, 0.05) is 6.61 Å². The van der Waals surface area contributed by atoms with Crippen molar-refractivity contribution in [2.24, 2.45) is 0 Å². The van der Waals surface area contributed by atoms with Gasteiger partial charge < -0.3 is 11.7 Å². The van der Waals surface area contributed by atoms with E-state index >= 15 is 0 Å². The first-order valence-electron chi connectivity index (χ1n) is 6.21. The van der Waals surface area contributed by atoms with Gasteiger partial charge in [0.05, 0.1) is 5.60 Å². The quantitative estimate of drug-likeness (QED) is 0.536. The fourth-order valence-electron chi connectivity index (χ4n) is 1.17. The Kier molecular flexibility index (Phi) is 14.8. The Morgan fingerprint density at radius 3 is 2.29 bits per heavy atom. The molecule has 0 amide bonds. The van der Waals surface area contributed by atoms with E-state index in [9.17, 15) is 0 Å². The average Bonchev–Trinajstić information content (AvgIpc) is 2.73. The number of rotatable bonds is 5. The fourth-order valence-corrected chi connectivity index (χ4v) is 1.17. The van der Waals surface area contributed by atoms with Gasteiger partial charge in [0.25, 0.3) is 0 Å². The molecule has 96 valence electrons. The van der Waals surface area contributed by atoms with E-state index < -0.39 is 0 Å². The molecule has 1 nitrogen and oxygen atoms in total. The van der Waals surface area contributed by atoms with Crippen LogP contribution in [-0.4, -0.2) is 12.2 Å². The molecule has 0 aromatic rings. The number of hydrogen-bond donors (Lipinski definition) is 0. The molecule has 0 spiro atoms. The zero-order valence-electron chi connectivity index (χ0n) is 11.6. The number of hydrogen-bond acceptors (Lipinski definition) is 1. The maximum absolute atomic E-state index is 5.56. The summed E-state index contributed by atoms with van der Waals surface area (Å²) in [5.74, 6) is 0. The summed E-state index contributed by atoms with van der Waals surface area (Å²) in [4.78, 5) is 0. The van der Waals surface area contributed by atoms with Crippen molar-refractivity contribution in [2.45, 2.75) is 58.5 Å². The summed E-state index contributed by atoms with van der Waals surface area (Å²) in [6.45, 7) is 11.0. The fraction of sp³-hybridized carbons (Fsp3) is 0.667. The van der Waals surface area contributed by atoms with E-state index in [2.05, 4.69) is 39.8 Å². The van der Waals surface area contributed by atoms with Gasteiger partial charge in [-0.1, -0.05) is 12.8 Å². The van der Waals surface area contributed by atoms with Crippen molar-refractivity contribution in [3.05, 3.63) is 31.2 Å². The molecule has 2 heteroatoms. The zero-order chi connectivity index (χ0) is 12.3. The molecule has 0 bridgehead atoms. The van der Waals surface area contributed by atoms with Crippen molar-refractivity contribution in [3.63, 3.8) is 0 Å². The summed E-state index contributed by atoms with van der Waals surface area (Å²) in [6.07, 6.45) is 14.7. The maximum Gasteiger partial charge on any atom is 2.00 e. The van der Waals surface area contributed by atoms with Crippen molar-refractivity contribution in [1.82, 2.24) is 0 Å². The van der Waals surface area contributed by atoms with E-state index in [-0.39, 0.29) is 31.8 Å². The van der Waals surface area contributed by atoms with E-state index in [0.717, 1.165) is 19.4 Å². The Balaban J connectivity index is 0. The second-order valence-corrected chi connectivity index (χ2v) is 4.88. The normalized spacial score (nSPS) is 12.9. The monoisotopic (exact) mass is 312 g/mol. The van der Waals surface area contributed by atoms with Gasteiger partial charge in [-0.05, 0) is 27.2 Å². The van der Waals surface area contributed by atoms with Gasteiger partial charge in [-0.25, -0.2) is 12.2 Å². The van der Waals surface area contributed by atoms with Gasteiger partial charge in [-0.2, -0.15) is 12.5 Å². The van der Waals surface area contributed by atoms with E-state index in [1.807, 2.05) is 12.2 Å². The summed E-state index contributed by atoms with van der Waals surface area (Å²) in [5, 5.41) is 0.